The van der Waals surface area contributed by atoms with Crippen LogP contribution in [0.1, 0.15) is 27.2 Å². The first-order valence-corrected chi connectivity index (χ1v) is 7.25. The molecule has 0 saturated heterocycles. The molecule has 0 spiro atoms. The smallest absolute Gasteiger partial charge is 0.376 e. The Labute approximate surface area is 94.7 Å². The summed E-state index contributed by atoms with van der Waals surface area (Å²) >= 11 is 0. The van der Waals surface area contributed by atoms with Crippen LogP contribution in [0.15, 0.2) is 0 Å². The van der Waals surface area contributed by atoms with Crippen LogP contribution in [0.2, 0.25) is 0 Å². The lowest BCUT2D eigenvalue weighted by molar-refractivity contribution is 0.103. The lowest BCUT2D eigenvalue weighted by atomic mass is 10.1. The Morgan fingerprint density at radius 1 is 1.07 bits per heavy atom. The summed E-state index contributed by atoms with van der Waals surface area (Å²) in [7, 11) is 2.43. The second-order valence-corrected chi connectivity index (χ2v) is 7.08. The lowest BCUT2D eigenvalue weighted by Gasteiger charge is -2.33. The third-order valence-corrected chi connectivity index (χ3v) is 5.44. The van der Waals surface area contributed by atoms with Crippen LogP contribution in [-0.4, -0.2) is 42.3 Å². The highest BCUT2D eigenvalue weighted by atomic mass is 28.4. The molecule has 5 heteroatoms. The van der Waals surface area contributed by atoms with Gasteiger partial charge in [-0.1, -0.05) is 20.8 Å². The van der Waals surface area contributed by atoms with Crippen molar-refractivity contribution in [2.45, 2.75) is 32.9 Å². The maximum Gasteiger partial charge on any atom is 0.518 e. The lowest BCUT2D eigenvalue weighted by Crippen LogP contribution is -2.60. The van der Waals surface area contributed by atoms with Crippen LogP contribution in [0.5, 0.6) is 0 Å². The fraction of sp³-hybridized carbons (Fsp3) is 1.00. The summed E-state index contributed by atoms with van der Waals surface area (Å²) in [5.41, 5.74) is 0.169. The summed E-state index contributed by atoms with van der Waals surface area (Å²) in [6.45, 7) is 7.34. The molecule has 92 valence electrons. The molecular weight excluding hydrogens is 210 g/mol. The zero-order valence-corrected chi connectivity index (χ0v) is 11.8. The van der Waals surface area contributed by atoms with E-state index >= 15 is 0 Å². The van der Waals surface area contributed by atoms with Crippen LogP contribution < -0.4 is 5.32 Å². The van der Waals surface area contributed by atoms with E-state index < -0.39 is 8.80 Å². The monoisotopic (exact) mass is 235 g/mol. The quantitative estimate of drug-likeness (QED) is 0.646. The SMILES string of the molecule is CCNC(CC(C)C)[Si](OC)(OC)OC. The maximum atomic E-state index is 5.48. The molecule has 0 aliphatic carbocycles. The molecule has 0 aromatic heterocycles. The van der Waals surface area contributed by atoms with E-state index in [9.17, 15) is 0 Å². The van der Waals surface area contributed by atoms with Crippen molar-refractivity contribution < 1.29 is 13.3 Å². The maximum absolute atomic E-state index is 5.48. The molecule has 0 amide bonds. The van der Waals surface area contributed by atoms with Gasteiger partial charge in [-0.3, -0.25) is 0 Å². The first kappa shape index (κ1) is 15.1. The van der Waals surface area contributed by atoms with E-state index in [1.54, 1.807) is 21.3 Å². The first-order valence-electron chi connectivity index (χ1n) is 5.45. The molecule has 0 aromatic rings. The molecule has 1 atom stereocenters. The van der Waals surface area contributed by atoms with E-state index in [0.29, 0.717) is 5.92 Å². The minimum absolute atomic E-state index is 0.169. The zero-order valence-electron chi connectivity index (χ0n) is 10.8. The van der Waals surface area contributed by atoms with E-state index in [1.165, 1.54) is 0 Å². The van der Waals surface area contributed by atoms with Gasteiger partial charge in [0.15, 0.2) is 0 Å². The number of nitrogens with one attached hydrogen (secondary N) is 1. The second-order valence-electron chi connectivity index (χ2n) is 3.96. The number of hydrogen-bond acceptors (Lipinski definition) is 4. The third kappa shape index (κ3) is 4.20. The summed E-state index contributed by atoms with van der Waals surface area (Å²) in [4.78, 5) is 0. The molecule has 4 nitrogen and oxygen atoms in total. The van der Waals surface area contributed by atoms with Gasteiger partial charge in [-0.2, -0.15) is 0 Å². The van der Waals surface area contributed by atoms with E-state index in [2.05, 4.69) is 26.1 Å². The zero-order chi connectivity index (χ0) is 11.9. The van der Waals surface area contributed by atoms with Gasteiger partial charge in [0.2, 0.25) is 0 Å². The van der Waals surface area contributed by atoms with Gasteiger partial charge in [0.05, 0.1) is 5.67 Å². The topological polar surface area (TPSA) is 39.7 Å². The summed E-state index contributed by atoms with van der Waals surface area (Å²) in [5.74, 6) is 0.585. The van der Waals surface area contributed by atoms with Gasteiger partial charge in [-0.15, -0.1) is 0 Å². The van der Waals surface area contributed by atoms with Gasteiger partial charge in [-0.25, -0.2) is 0 Å². The molecule has 0 radical (unpaired) electrons. The average molecular weight is 235 g/mol. The van der Waals surface area contributed by atoms with Crippen molar-refractivity contribution in [3.63, 3.8) is 0 Å². The standard InChI is InChI=1S/C10H25NO3Si/c1-7-11-10(8-9(2)3)15(12-4,13-5)14-6/h9-11H,7-8H2,1-6H3. The minimum Gasteiger partial charge on any atom is -0.376 e. The summed E-state index contributed by atoms with van der Waals surface area (Å²) < 4.78 is 16.5. The summed E-state index contributed by atoms with van der Waals surface area (Å²) in [5, 5.41) is 3.39. The highest BCUT2D eigenvalue weighted by Gasteiger charge is 2.47. The molecule has 0 aliphatic heterocycles. The van der Waals surface area contributed by atoms with Crippen LogP contribution in [0.4, 0.5) is 0 Å². The molecule has 1 N–H and O–H groups in total. The molecule has 15 heavy (non-hydrogen) atoms. The Hall–Kier alpha value is 0.0569. The Bertz CT molecular complexity index is 154. The highest BCUT2D eigenvalue weighted by Crippen LogP contribution is 2.18. The molecule has 0 saturated carbocycles. The molecular formula is C10H25NO3Si. The normalized spacial score (nSPS) is 14.6. The second kappa shape index (κ2) is 7.35. The molecule has 0 bridgehead atoms. The van der Waals surface area contributed by atoms with Crippen LogP contribution in [0.25, 0.3) is 0 Å². The Morgan fingerprint density at radius 2 is 1.53 bits per heavy atom. The third-order valence-electron chi connectivity index (χ3n) is 2.44. The van der Waals surface area contributed by atoms with Crippen molar-refractivity contribution >= 4 is 8.80 Å². The summed E-state index contributed by atoms with van der Waals surface area (Å²) in [6.07, 6.45) is 0.996. The summed E-state index contributed by atoms with van der Waals surface area (Å²) in [6, 6.07) is 0. The van der Waals surface area contributed by atoms with Gasteiger partial charge in [0.25, 0.3) is 0 Å². The Morgan fingerprint density at radius 3 is 1.80 bits per heavy atom. The number of hydrogen-bond donors (Lipinski definition) is 1. The Kier molecular flexibility index (Phi) is 7.38. The fourth-order valence-corrected chi connectivity index (χ4v) is 4.32. The van der Waals surface area contributed by atoms with Crippen LogP contribution in [0, 0.1) is 5.92 Å². The predicted octanol–water partition coefficient (Wildman–Crippen LogP) is 1.43. The van der Waals surface area contributed by atoms with Crippen molar-refractivity contribution in [2.75, 3.05) is 27.9 Å². The fourth-order valence-electron chi connectivity index (χ4n) is 1.75. The van der Waals surface area contributed by atoms with E-state index in [-0.39, 0.29) is 5.67 Å². The van der Waals surface area contributed by atoms with Crippen molar-refractivity contribution in [3.05, 3.63) is 0 Å². The minimum atomic E-state index is -2.54. The largest absolute Gasteiger partial charge is 0.518 e. The van der Waals surface area contributed by atoms with Gasteiger partial charge >= 0.3 is 8.80 Å². The van der Waals surface area contributed by atoms with E-state index in [1.807, 2.05) is 0 Å². The molecule has 1 unspecified atom stereocenters. The molecule has 0 aliphatic rings. The Balaban J connectivity index is 4.65. The van der Waals surface area contributed by atoms with Crippen LogP contribution in [0.3, 0.4) is 0 Å². The van der Waals surface area contributed by atoms with E-state index in [4.69, 9.17) is 13.3 Å². The molecule has 0 heterocycles. The molecule has 0 fully saturated rings. The van der Waals surface area contributed by atoms with Gasteiger partial charge in [0.1, 0.15) is 0 Å². The van der Waals surface area contributed by atoms with Gasteiger partial charge < -0.3 is 18.6 Å². The van der Waals surface area contributed by atoms with Crippen LogP contribution in [-0.2, 0) is 13.3 Å². The average Bonchev–Trinajstić information content (AvgIpc) is 2.21. The van der Waals surface area contributed by atoms with Crippen LogP contribution >= 0.6 is 0 Å². The van der Waals surface area contributed by atoms with Gasteiger partial charge in [-0.05, 0) is 18.9 Å². The highest BCUT2D eigenvalue weighted by molar-refractivity contribution is 6.62. The van der Waals surface area contributed by atoms with Crippen molar-refractivity contribution in [2.24, 2.45) is 5.92 Å². The van der Waals surface area contributed by atoms with Crippen molar-refractivity contribution in [1.29, 1.82) is 0 Å². The van der Waals surface area contributed by atoms with Gasteiger partial charge in [0, 0.05) is 21.3 Å². The first-order chi connectivity index (χ1) is 7.06. The number of rotatable bonds is 8. The van der Waals surface area contributed by atoms with Crippen molar-refractivity contribution in [3.8, 4) is 0 Å². The molecule has 0 rings (SSSR count). The van der Waals surface area contributed by atoms with E-state index in [0.717, 1.165) is 13.0 Å². The van der Waals surface area contributed by atoms with Crippen molar-refractivity contribution in [1.82, 2.24) is 5.32 Å². The predicted molar refractivity (Wildman–Crippen MR) is 63.7 cm³/mol. The molecule has 0 aromatic carbocycles.